The Hall–Kier alpha value is -3.07. The Balaban J connectivity index is 1.73. The third-order valence-corrected chi connectivity index (χ3v) is 10.6. The number of carbonyl (C=O) groups is 2. The van der Waals surface area contributed by atoms with Crippen molar-refractivity contribution in [2.45, 2.75) is 83.3 Å². The lowest BCUT2D eigenvalue weighted by Gasteiger charge is -2.34. The summed E-state index contributed by atoms with van der Waals surface area (Å²) in [7, 11) is -4.15. The van der Waals surface area contributed by atoms with E-state index >= 15 is 0 Å². The summed E-state index contributed by atoms with van der Waals surface area (Å²) in [5.41, 5.74) is 3.53. The van der Waals surface area contributed by atoms with Crippen LogP contribution < -0.4 is 9.62 Å². The van der Waals surface area contributed by atoms with E-state index in [2.05, 4.69) is 5.32 Å². The molecule has 230 valence electrons. The zero-order valence-electron chi connectivity index (χ0n) is 25.1. The first kappa shape index (κ1) is 32.8. The normalized spacial score (nSPS) is 14.7. The maximum absolute atomic E-state index is 14.2. The van der Waals surface area contributed by atoms with Gasteiger partial charge in [-0.2, -0.15) is 0 Å². The predicted octanol–water partition coefficient (Wildman–Crippen LogP) is 6.98. The highest BCUT2D eigenvalue weighted by Gasteiger charge is 2.34. The fourth-order valence-corrected chi connectivity index (χ4v) is 7.28. The molecule has 1 aliphatic rings. The summed E-state index contributed by atoms with van der Waals surface area (Å²) in [6.07, 6.45) is 5.02. The van der Waals surface area contributed by atoms with Crippen LogP contribution in [0.3, 0.4) is 0 Å². The molecule has 3 aromatic carbocycles. The van der Waals surface area contributed by atoms with Gasteiger partial charge < -0.3 is 10.2 Å². The summed E-state index contributed by atoms with van der Waals surface area (Å²) in [6, 6.07) is 16.0. The summed E-state index contributed by atoms with van der Waals surface area (Å²) in [5, 5.41) is 3.90. The zero-order valence-corrected chi connectivity index (χ0v) is 27.4. The van der Waals surface area contributed by atoms with Crippen LogP contribution in [-0.2, 0) is 26.2 Å². The molecule has 0 aromatic heterocycles. The average Bonchev–Trinajstić information content (AvgIpc) is 2.97. The number of hydrogen-bond donors (Lipinski definition) is 1. The van der Waals surface area contributed by atoms with Crippen LogP contribution in [0, 0.1) is 20.8 Å². The Morgan fingerprint density at radius 2 is 1.63 bits per heavy atom. The molecule has 1 aliphatic carbocycles. The SMILES string of the molecule is Cc1ccc(S(=O)(=O)N(CC(=O)N(Cc2ccc(Cl)cc2Cl)[C@H](C)C(=O)NC2CCCCC2)c2cccc(C)c2C)cc1. The Labute approximate surface area is 265 Å². The van der Waals surface area contributed by atoms with Gasteiger partial charge in [-0.05, 0) is 87.6 Å². The summed E-state index contributed by atoms with van der Waals surface area (Å²) >= 11 is 12.6. The molecule has 7 nitrogen and oxygen atoms in total. The van der Waals surface area contributed by atoms with Crippen molar-refractivity contribution < 1.29 is 18.0 Å². The minimum atomic E-state index is -4.15. The molecule has 4 rings (SSSR count). The number of anilines is 1. The topological polar surface area (TPSA) is 86.8 Å². The van der Waals surface area contributed by atoms with Crippen molar-refractivity contribution in [3.63, 3.8) is 0 Å². The summed E-state index contributed by atoms with van der Waals surface area (Å²) in [4.78, 5) is 29.2. The molecular weight excluding hydrogens is 605 g/mol. The van der Waals surface area contributed by atoms with E-state index in [1.54, 1.807) is 61.5 Å². The van der Waals surface area contributed by atoms with E-state index in [9.17, 15) is 18.0 Å². The predicted molar refractivity (Wildman–Crippen MR) is 173 cm³/mol. The fraction of sp³-hybridized carbons (Fsp3) is 0.394. The van der Waals surface area contributed by atoms with Gasteiger partial charge in [-0.25, -0.2) is 8.42 Å². The van der Waals surface area contributed by atoms with Gasteiger partial charge in [0.05, 0.1) is 10.6 Å². The van der Waals surface area contributed by atoms with E-state index in [1.165, 1.54) is 4.90 Å². The number of sulfonamides is 1. The van der Waals surface area contributed by atoms with E-state index in [4.69, 9.17) is 23.2 Å². The molecule has 0 heterocycles. The number of amides is 2. The van der Waals surface area contributed by atoms with E-state index in [0.717, 1.165) is 53.1 Å². The summed E-state index contributed by atoms with van der Waals surface area (Å²) < 4.78 is 29.4. The molecule has 0 radical (unpaired) electrons. The second-order valence-corrected chi connectivity index (χ2v) is 14.0. The van der Waals surface area contributed by atoms with Gasteiger partial charge in [0.15, 0.2) is 0 Å². The van der Waals surface area contributed by atoms with Gasteiger partial charge in [0.1, 0.15) is 12.6 Å². The minimum absolute atomic E-state index is 0.000687. The minimum Gasteiger partial charge on any atom is -0.352 e. The molecule has 0 unspecified atom stereocenters. The quantitative estimate of drug-likeness (QED) is 0.258. The Morgan fingerprint density at radius 1 is 0.953 bits per heavy atom. The average molecular weight is 645 g/mol. The first-order chi connectivity index (χ1) is 20.4. The van der Waals surface area contributed by atoms with Crippen LogP contribution in [0.15, 0.2) is 65.6 Å². The van der Waals surface area contributed by atoms with Gasteiger partial charge in [0.2, 0.25) is 11.8 Å². The largest absolute Gasteiger partial charge is 0.352 e. The van der Waals surface area contributed by atoms with Gasteiger partial charge in [0.25, 0.3) is 10.0 Å². The monoisotopic (exact) mass is 643 g/mol. The van der Waals surface area contributed by atoms with Crippen LogP contribution >= 0.6 is 23.2 Å². The number of rotatable bonds is 10. The Kier molecular flexibility index (Phi) is 10.8. The molecule has 1 N–H and O–H groups in total. The summed E-state index contributed by atoms with van der Waals surface area (Å²) in [5.74, 6) is -0.820. The third kappa shape index (κ3) is 7.91. The van der Waals surface area contributed by atoms with Crippen molar-refractivity contribution in [1.29, 1.82) is 0 Å². The lowest BCUT2D eigenvalue weighted by Crippen LogP contribution is -2.53. The molecule has 0 bridgehead atoms. The van der Waals surface area contributed by atoms with Crippen LogP contribution in [0.1, 0.15) is 61.3 Å². The molecule has 3 aromatic rings. The number of nitrogens with zero attached hydrogens (tertiary/aromatic N) is 2. The summed E-state index contributed by atoms with van der Waals surface area (Å²) in [6.45, 7) is 6.76. The number of aryl methyl sites for hydroxylation is 2. The van der Waals surface area contributed by atoms with Crippen molar-refractivity contribution in [3.8, 4) is 0 Å². The number of halogens is 2. The van der Waals surface area contributed by atoms with Crippen molar-refractivity contribution in [1.82, 2.24) is 10.2 Å². The van der Waals surface area contributed by atoms with E-state index in [-0.39, 0.29) is 23.4 Å². The Morgan fingerprint density at radius 3 is 2.28 bits per heavy atom. The molecule has 1 atom stereocenters. The lowest BCUT2D eigenvalue weighted by atomic mass is 9.95. The van der Waals surface area contributed by atoms with Crippen LogP contribution in [0.25, 0.3) is 0 Å². The lowest BCUT2D eigenvalue weighted by molar-refractivity contribution is -0.139. The molecule has 1 fully saturated rings. The van der Waals surface area contributed by atoms with Gasteiger partial charge in [-0.3, -0.25) is 13.9 Å². The maximum atomic E-state index is 14.2. The first-order valence-corrected chi connectivity index (χ1v) is 16.8. The van der Waals surface area contributed by atoms with Crippen molar-refractivity contribution >= 4 is 50.7 Å². The number of benzene rings is 3. The Bertz CT molecular complexity index is 1570. The molecule has 10 heteroatoms. The van der Waals surface area contributed by atoms with Crippen LogP contribution in [0.5, 0.6) is 0 Å². The smallest absolute Gasteiger partial charge is 0.264 e. The zero-order chi connectivity index (χ0) is 31.3. The highest BCUT2D eigenvalue weighted by atomic mass is 35.5. The van der Waals surface area contributed by atoms with Crippen molar-refractivity contribution in [2.24, 2.45) is 0 Å². The number of hydrogen-bond acceptors (Lipinski definition) is 4. The molecule has 43 heavy (non-hydrogen) atoms. The van der Waals surface area contributed by atoms with Crippen LogP contribution in [0.4, 0.5) is 5.69 Å². The van der Waals surface area contributed by atoms with Crippen LogP contribution in [0.2, 0.25) is 10.0 Å². The highest BCUT2D eigenvalue weighted by molar-refractivity contribution is 7.92. The molecule has 0 saturated heterocycles. The van der Waals surface area contributed by atoms with Crippen LogP contribution in [-0.4, -0.2) is 43.8 Å². The van der Waals surface area contributed by atoms with E-state index in [0.29, 0.717) is 21.3 Å². The third-order valence-electron chi connectivity index (χ3n) is 8.21. The molecule has 2 amide bonds. The van der Waals surface area contributed by atoms with Gasteiger partial charge in [-0.1, -0.05) is 78.4 Å². The standard InChI is InChI=1S/C33H39Cl2N3O4S/c1-22-13-17-29(18-14-22)43(41,42)38(31-12-8-9-23(2)24(31)3)21-32(39)37(20-26-15-16-27(34)19-30(26)35)25(4)33(40)36-28-10-6-5-7-11-28/h8-9,12-19,25,28H,5-7,10-11,20-21H2,1-4H3,(H,36,40)/t25-/m1/s1. The maximum Gasteiger partial charge on any atom is 0.264 e. The molecule has 0 spiro atoms. The number of carbonyl (C=O) groups excluding carboxylic acids is 2. The second kappa shape index (κ2) is 14.1. The fourth-order valence-electron chi connectivity index (χ4n) is 5.34. The first-order valence-electron chi connectivity index (χ1n) is 14.6. The molecule has 0 aliphatic heterocycles. The van der Waals surface area contributed by atoms with Crippen molar-refractivity contribution in [3.05, 3.63) is 93.0 Å². The number of nitrogens with one attached hydrogen (secondary N) is 1. The van der Waals surface area contributed by atoms with Gasteiger partial charge in [-0.15, -0.1) is 0 Å². The highest BCUT2D eigenvalue weighted by Crippen LogP contribution is 2.30. The van der Waals surface area contributed by atoms with Crippen molar-refractivity contribution in [2.75, 3.05) is 10.8 Å². The van der Waals surface area contributed by atoms with E-state index < -0.39 is 28.5 Å². The molecular formula is C33H39Cl2N3O4S. The second-order valence-electron chi connectivity index (χ2n) is 11.3. The molecule has 1 saturated carbocycles. The van der Waals surface area contributed by atoms with Gasteiger partial charge >= 0.3 is 0 Å². The van der Waals surface area contributed by atoms with Gasteiger partial charge in [0, 0.05) is 22.6 Å². The van der Waals surface area contributed by atoms with E-state index in [1.807, 2.05) is 26.8 Å².